The van der Waals surface area contributed by atoms with Crippen molar-refractivity contribution in [2.24, 2.45) is 5.92 Å². The second kappa shape index (κ2) is 6.70. The summed E-state index contributed by atoms with van der Waals surface area (Å²) in [7, 11) is 0. The van der Waals surface area contributed by atoms with Crippen molar-refractivity contribution in [2.75, 3.05) is 38.1 Å². The lowest BCUT2D eigenvalue weighted by Crippen LogP contribution is -2.22. The topological polar surface area (TPSA) is 50.3 Å². The summed E-state index contributed by atoms with van der Waals surface area (Å²) in [5, 5.41) is 3.44. The molecule has 0 saturated carbocycles. The van der Waals surface area contributed by atoms with Crippen molar-refractivity contribution < 1.29 is 4.74 Å². The smallest absolute Gasteiger partial charge is 0.221 e. The van der Waals surface area contributed by atoms with Crippen LogP contribution in [0.4, 0.5) is 5.82 Å². The van der Waals surface area contributed by atoms with Gasteiger partial charge in [0.15, 0.2) is 0 Å². The van der Waals surface area contributed by atoms with E-state index in [0.717, 1.165) is 24.5 Å². The van der Waals surface area contributed by atoms with Gasteiger partial charge in [0, 0.05) is 13.1 Å². The number of ether oxygens (including phenoxy) is 1. The van der Waals surface area contributed by atoms with E-state index in [1.807, 2.05) is 13.8 Å². The molecule has 5 nitrogen and oxygen atoms in total. The molecule has 5 heteroatoms. The van der Waals surface area contributed by atoms with Gasteiger partial charge in [0.25, 0.3) is 0 Å². The minimum absolute atomic E-state index is 0.630. The van der Waals surface area contributed by atoms with Gasteiger partial charge in [-0.3, -0.25) is 0 Å². The fourth-order valence-electron chi connectivity index (χ4n) is 2.50. The average Bonchev–Trinajstić information content (AvgIpc) is 2.88. The van der Waals surface area contributed by atoms with E-state index < -0.39 is 0 Å². The van der Waals surface area contributed by atoms with E-state index in [9.17, 15) is 0 Å². The van der Waals surface area contributed by atoms with Crippen LogP contribution in [0.2, 0.25) is 0 Å². The molecule has 1 N–H and O–H groups in total. The first-order chi connectivity index (χ1) is 9.24. The Morgan fingerprint density at radius 2 is 2.26 bits per heavy atom. The molecule has 106 valence electrons. The maximum atomic E-state index is 5.48. The Hall–Kier alpha value is -1.36. The zero-order chi connectivity index (χ0) is 13.7. The summed E-state index contributed by atoms with van der Waals surface area (Å²) < 4.78 is 5.48. The number of nitrogens with one attached hydrogen (secondary N) is 1. The highest BCUT2D eigenvalue weighted by Crippen LogP contribution is 2.22. The fraction of sp³-hybridized carbons (Fsp3) is 0.714. The van der Waals surface area contributed by atoms with Gasteiger partial charge in [0.1, 0.15) is 12.1 Å². The number of hydrogen-bond donors (Lipinski definition) is 1. The maximum Gasteiger partial charge on any atom is 0.221 e. The van der Waals surface area contributed by atoms with E-state index in [4.69, 9.17) is 4.74 Å². The van der Waals surface area contributed by atoms with Crippen molar-refractivity contribution in [1.29, 1.82) is 0 Å². The molecule has 1 unspecified atom stereocenters. The Kier molecular flexibility index (Phi) is 4.96. The van der Waals surface area contributed by atoms with E-state index in [-0.39, 0.29) is 0 Å². The summed E-state index contributed by atoms with van der Waals surface area (Å²) in [5.41, 5.74) is 0.995. The molecule has 0 aliphatic carbocycles. The third-order valence-corrected chi connectivity index (χ3v) is 3.69. The van der Waals surface area contributed by atoms with Gasteiger partial charge < -0.3 is 15.0 Å². The molecule has 1 aromatic rings. The molecule has 0 spiro atoms. The van der Waals surface area contributed by atoms with Crippen LogP contribution >= 0.6 is 0 Å². The summed E-state index contributed by atoms with van der Waals surface area (Å²) in [4.78, 5) is 10.9. The van der Waals surface area contributed by atoms with Crippen LogP contribution in [-0.4, -0.2) is 47.7 Å². The lowest BCUT2D eigenvalue weighted by atomic mass is 10.1. The van der Waals surface area contributed by atoms with E-state index in [0.29, 0.717) is 18.4 Å². The Balaban J connectivity index is 1.91. The predicted molar refractivity (Wildman–Crippen MR) is 76.6 cm³/mol. The van der Waals surface area contributed by atoms with Crippen molar-refractivity contribution in [3.8, 4) is 5.88 Å². The number of rotatable bonds is 6. The number of hydrogen-bond acceptors (Lipinski definition) is 5. The van der Waals surface area contributed by atoms with Crippen LogP contribution in [0.5, 0.6) is 5.88 Å². The summed E-state index contributed by atoms with van der Waals surface area (Å²) in [6.45, 7) is 11.3. The van der Waals surface area contributed by atoms with Crippen LogP contribution in [0.25, 0.3) is 0 Å². The third-order valence-electron chi connectivity index (χ3n) is 3.69. The van der Waals surface area contributed by atoms with Crippen LogP contribution in [0.3, 0.4) is 0 Å². The predicted octanol–water partition coefficient (Wildman–Crippen LogP) is 1.94. The van der Waals surface area contributed by atoms with Crippen molar-refractivity contribution in [2.45, 2.75) is 27.2 Å². The first-order valence-corrected chi connectivity index (χ1v) is 7.15. The van der Waals surface area contributed by atoms with Crippen molar-refractivity contribution in [3.05, 3.63) is 11.9 Å². The minimum atomic E-state index is 0.630. The molecular formula is C14H24N4O. The quantitative estimate of drug-likeness (QED) is 0.851. The number of likely N-dealkylation sites (tertiary alicyclic amines) is 1. The molecule has 1 atom stereocenters. The molecule has 0 aromatic carbocycles. The molecule has 1 aliphatic rings. The lowest BCUT2D eigenvalue weighted by Gasteiger charge is -2.15. The number of anilines is 1. The van der Waals surface area contributed by atoms with Gasteiger partial charge in [0.05, 0.1) is 12.2 Å². The van der Waals surface area contributed by atoms with Gasteiger partial charge in [-0.2, -0.15) is 0 Å². The molecule has 1 fully saturated rings. The molecule has 0 bridgehead atoms. The van der Waals surface area contributed by atoms with Gasteiger partial charge in [-0.25, -0.2) is 9.97 Å². The first kappa shape index (κ1) is 14.1. The van der Waals surface area contributed by atoms with Gasteiger partial charge in [0.2, 0.25) is 5.88 Å². The molecule has 2 rings (SSSR count). The molecule has 0 radical (unpaired) electrons. The van der Waals surface area contributed by atoms with Crippen LogP contribution in [-0.2, 0) is 0 Å². The van der Waals surface area contributed by atoms with Crippen LogP contribution in [0, 0.1) is 12.8 Å². The Labute approximate surface area is 115 Å². The molecule has 1 aromatic heterocycles. The lowest BCUT2D eigenvalue weighted by molar-refractivity contribution is 0.323. The largest absolute Gasteiger partial charge is 0.478 e. The second-order valence-corrected chi connectivity index (χ2v) is 5.01. The van der Waals surface area contributed by atoms with E-state index in [1.54, 1.807) is 6.33 Å². The Morgan fingerprint density at radius 3 is 2.95 bits per heavy atom. The molecule has 1 aliphatic heterocycles. The highest BCUT2D eigenvalue weighted by Gasteiger charge is 2.21. The van der Waals surface area contributed by atoms with Crippen LogP contribution in [0.1, 0.15) is 25.8 Å². The van der Waals surface area contributed by atoms with Gasteiger partial charge in [-0.15, -0.1) is 0 Å². The highest BCUT2D eigenvalue weighted by atomic mass is 16.5. The minimum Gasteiger partial charge on any atom is -0.478 e. The number of aromatic nitrogens is 2. The second-order valence-electron chi connectivity index (χ2n) is 5.01. The summed E-state index contributed by atoms with van der Waals surface area (Å²) in [5.74, 6) is 2.29. The van der Waals surface area contributed by atoms with Crippen molar-refractivity contribution in [3.63, 3.8) is 0 Å². The summed E-state index contributed by atoms with van der Waals surface area (Å²) in [6.07, 6.45) is 2.83. The van der Waals surface area contributed by atoms with E-state index in [1.165, 1.54) is 19.5 Å². The summed E-state index contributed by atoms with van der Waals surface area (Å²) in [6, 6.07) is 0. The third kappa shape index (κ3) is 3.56. The maximum absolute atomic E-state index is 5.48. The highest BCUT2D eigenvalue weighted by molar-refractivity contribution is 5.47. The molecular weight excluding hydrogens is 240 g/mol. The standard InChI is InChI=1S/C14H24N4O/c1-4-18-7-6-12(9-18)8-15-13-11(3)14(19-5-2)17-10-16-13/h10,12H,4-9H2,1-3H3,(H,15,16,17). The Morgan fingerprint density at radius 1 is 1.42 bits per heavy atom. The zero-order valence-electron chi connectivity index (χ0n) is 12.1. The SMILES string of the molecule is CCOc1ncnc(NCC2CCN(CC)C2)c1C. The molecule has 1 saturated heterocycles. The zero-order valence-corrected chi connectivity index (χ0v) is 12.1. The van der Waals surface area contributed by atoms with Crippen molar-refractivity contribution in [1.82, 2.24) is 14.9 Å². The fourth-order valence-corrected chi connectivity index (χ4v) is 2.50. The normalized spacial score (nSPS) is 19.6. The number of nitrogens with zero attached hydrogens (tertiary/aromatic N) is 3. The van der Waals surface area contributed by atoms with Gasteiger partial charge in [-0.05, 0) is 39.3 Å². The van der Waals surface area contributed by atoms with E-state index >= 15 is 0 Å². The first-order valence-electron chi connectivity index (χ1n) is 7.15. The molecule has 0 amide bonds. The molecule has 2 heterocycles. The molecule has 19 heavy (non-hydrogen) atoms. The Bertz CT molecular complexity index is 410. The van der Waals surface area contributed by atoms with Gasteiger partial charge in [-0.1, -0.05) is 6.92 Å². The van der Waals surface area contributed by atoms with E-state index in [2.05, 4.69) is 27.1 Å². The summed E-state index contributed by atoms with van der Waals surface area (Å²) >= 11 is 0. The van der Waals surface area contributed by atoms with Gasteiger partial charge >= 0.3 is 0 Å². The van der Waals surface area contributed by atoms with Crippen LogP contribution < -0.4 is 10.1 Å². The van der Waals surface area contributed by atoms with Crippen LogP contribution in [0.15, 0.2) is 6.33 Å². The monoisotopic (exact) mass is 264 g/mol. The van der Waals surface area contributed by atoms with Crippen molar-refractivity contribution >= 4 is 5.82 Å². The average molecular weight is 264 g/mol.